The molecule has 174 valence electrons. The van der Waals surface area contributed by atoms with Crippen molar-refractivity contribution in [2.24, 2.45) is 0 Å². The number of halogens is 3. The van der Waals surface area contributed by atoms with E-state index in [0.717, 1.165) is 43.7 Å². The molecule has 0 bridgehead atoms. The average Bonchev–Trinajstić information content (AvgIpc) is 3.55. The van der Waals surface area contributed by atoms with Gasteiger partial charge in [0.05, 0.1) is 23.9 Å². The number of pyridine rings is 1. The number of nitrogens with two attached hydrogens (primary N) is 1. The first-order valence-corrected chi connectivity index (χ1v) is 11.5. The topological polar surface area (TPSA) is 87.2 Å². The number of nitrogen functional groups attached to an aromatic ring is 1. The Hall–Kier alpha value is -2.39. The Kier molecular flexibility index (Phi) is 5.95. The van der Waals surface area contributed by atoms with E-state index in [9.17, 15) is 4.39 Å². The monoisotopic (exact) mass is 491 g/mol. The molecule has 7 nitrogen and oxygen atoms in total. The molecule has 3 atom stereocenters. The van der Waals surface area contributed by atoms with Gasteiger partial charge in [0.2, 0.25) is 0 Å². The Morgan fingerprint density at radius 1 is 1.33 bits per heavy atom. The summed E-state index contributed by atoms with van der Waals surface area (Å²) in [5, 5.41) is 8.43. The zero-order valence-corrected chi connectivity index (χ0v) is 19.5. The molecule has 4 heterocycles. The summed E-state index contributed by atoms with van der Waals surface area (Å²) >= 11 is 12.4. The molecule has 2 aliphatic rings. The van der Waals surface area contributed by atoms with E-state index in [4.69, 9.17) is 38.4 Å². The van der Waals surface area contributed by atoms with Crippen LogP contribution in [0.25, 0.3) is 11.1 Å². The van der Waals surface area contributed by atoms with Crippen molar-refractivity contribution in [1.82, 2.24) is 20.1 Å². The molecule has 0 saturated carbocycles. The summed E-state index contributed by atoms with van der Waals surface area (Å²) in [5.74, 6) is 0.00432. The molecule has 2 aliphatic heterocycles. The van der Waals surface area contributed by atoms with Crippen LogP contribution in [-0.2, 0) is 4.74 Å². The first-order chi connectivity index (χ1) is 15.8. The van der Waals surface area contributed by atoms with E-state index in [1.54, 1.807) is 25.4 Å². The molecule has 3 N–H and O–H groups in total. The molecule has 10 heteroatoms. The van der Waals surface area contributed by atoms with E-state index >= 15 is 0 Å². The van der Waals surface area contributed by atoms with Gasteiger partial charge in [0.15, 0.2) is 11.6 Å². The first-order valence-electron chi connectivity index (χ1n) is 10.8. The molecule has 5 rings (SSSR count). The molecule has 0 radical (unpaired) electrons. The number of aromatic nitrogens is 3. The number of nitrogens with zero attached hydrogens (tertiary/aromatic N) is 3. The van der Waals surface area contributed by atoms with Crippen LogP contribution in [0.15, 0.2) is 36.8 Å². The van der Waals surface area contributed by atoms with Gasteiger partial charge >= 0.3 is 0 Å². The Morgan fingerprint density at radius 3 is 2.97 bits per heavy atom. The minimum atomic E-state index is -0.642. The summed E-state index contributed by atoms with van der Waals surface area (Å²) in [6, 6.07) is 4.72. The molecule has 3 aromatic rings. The van der Waals surface area contributed by atoms with Gasteiger partial charge < -0.3 is 20.5 Å². The van der Waals surface area contributed by atoms with Crippen LogP contribution in [0.3, 0.4) is 0 Å². The van der Waals surface area contributed by atoms with E-state index in [1.165, 1.54) is 12.1 Å². The second kappa shape index (κ2) is 8.76. The Morgan fingerprint density at radius 2 is 2.18 bits per heavy atom. The molecule has 2 aromatic heterocycles. The van der Waals surface area contributed by atoms with Gasteiger partial charge in [-0.2, -0.15) is 5.10 Å². The third-order valence-corrected chi connectivity index (χ3v) is 7.14. The third kappa shape index (κ3) is 4.28. The molecule has 2 saturated heterocycles. The van der Waals surface area contributed by atoms with E-state index in [-0.39, 0.29) is 22.4 Å². The standard InChI is InChI=1S/C23H24Cl2FN5O2/c1-13(20-17(24)2-3-18(26)21(20)25)33-19-6-14(8-28-22(19)27)15-9-30-31(11-15)16-7-23(29-10-16)4-5-32-12-23/h2-3,6,8-9,11,13,16,29H,4-5,7,10,12H2,1H3,(H2,27,28)/t13-,16?,23?/m1/s1. The normalized spacial score (nSPS) is 23.3. The van der Waals surface area contributed by atoms with Gasteiger partial charge in [0.25, 0.3) is 0 Å². The highest BCUT2D eigenvalue weighted by Crippen LogP contribution is 2.38. The molecule has 2 fully saturated rings. The zero-order chi connectivity index (χ0) is 23.2. The summed E-state index contributed by atoms with van der Waals surface area (Å²) in [4.78, 5) is 4.28. The lowest BCUT2D eigenvalue weighted by molar-refractivity contribution is 0.171. The van der Waals surface area contributed by atoms with Crippen LogP contribution in [0.4, 0.5) is 10.2 Å². The van der Waals surface area contributed by atoms with Gasteiger partial charge in [-0.1, -0.05) is 23.2 Å². The quantitative estimate of drug-likeness (QED) is 0.498. The van der Waals surface area contributed by atoms with Gasteiger partial charge in [-0.25, -0.2) is 9.37 Å². The maximum atomic E-state index is 13.9. The van der Waals surface area contributed by atoms with Crippen molar-refractivity contribution in [2.75, 3.05) is 25.5 Å². The van der Waals surface area contributed by atoms with Crippen molar-refractivity contribution >= 4 is 29.0 Å². The summed E-state index contributed by atoms with van der Waals surface area (Å²) < 4.78 is 27.5. The highest BCUT2D eigenvalue weighted by atomic mass is 35.5. The minimum absolute atomic E-state index is 0.0656. The summed E-state index contributed by atoms with van der Waals surface area (Å²) in [7, 11) is 0. The van der Waals surface area contributed by atoms with Crippen molar-refractivity contribution < 1.29 is 13.9 Å². The molecule has 33 heavy (non-hydrogen) atoms. The molecule has 0 amide bonds. The van der Waals surface area contributed by atoms with Gasteiger partial charge in [0, 0.05) is 52.8 Å². The lowest BCUT2D eigenvalue weighted by Gasteiger charge is -2.20. The van der Waals surface area contributed by atoms with Crippen molar-refractivity contribution in [3.05, 3.63) is 58.2 Å². The second-order valence-electron chi connectivity index (χ2n) is 8.66. The van der Waals surface area contributed by atoms with E-state index in [0.29, 0.717) is 16.3 Å². The zero-order valence-electron chi connectivity index (χ0n) is 18.0. The smallest absolute Gasteiger partial charge is 0.166 e. The predicted molar refractivity (Wildman–Crippen MR) is 125 cm³/mol. The molecule has 0 aliphatic carbocycles. The van der Waals surface area contributed by atoms with Gasteiger partial charge in [-0.05, 0) is 38.0 Å². The molecular weight excluding hydrogens is 468 g/mol. The van der Waals surface area contributed by atoms with Crippen LogP contribution in [0.1, 0.15) is 37.5 Å². The maximum absolute atomic E-state index is 13.9. The molecule has 2 unspecified atom stereocenters. The second-order valence-corrected chi connectivity index (χ2v) is 9.44. The SMILES string of the molecule is C[C@@H](Oc1cc(-c2cnn(C3CNC4(CCOC4)C3)c2)cnc1N)c1c(Cl)ccc(F)c1Cl. The van der Waals surface area contributed by atoms with Gasteiger partial charge in [0.1, 0.15) is 11.9 Å². The van der Waals surface area contributed by atoms with Gasteiger partial charge in [-0.15, -0.1) is 0 Å². The number of hydrogen-bond acceptors (Lipinski definition) is 6. The summed E-state index contributed by atoms with van der Waals surface area (Å²) in [5.41, 5.74) is 8.17. The van der Waals surface area contributed by atoms with Crippen molar-refractivity contribution in [2.45, 2.75) is 37.5 Å². The third-order valence-electron chi connectivity index (χ3n) is 6.42. The van der Waals surface area contributed by atoms with Crippen molar-refractivity contribution in [1.29, 1.82) is 0 Å². The predicted octanol–water partition coefficient (Wildman–Crippen LogP) is 4.81. The van der Waals surface area contributed by atoms with Crippen LogP contribution in [0, 0.1) is 5.82 Å². The first kappa shape index (κ1) is 22.4. The van der Waals surface area contributed by atoms with Crippen molar-refractivity contribution in [3.8, 4) is 16.9 Å². The molecule has 1 spiro atoms. The lowest BCUT2D eigenvalue weighted by atomic mass is 9.95. The largest absolute Gasteiger partial charge is 0.482 e. The summed E-state index contributed by atoms with van der Waals surface area (Å²) in [6.45, 7) is 4.13. The number of anilines is 1. The number of rotatable bonds is 5. The van der Waals surface area contributed by atoms with Crippen LogP contribution in [0.5, 0.6) is 5.75 Å². The highest BCUT2D eigenvalue weighted by Gasteiger charge is 2.42. The van der Waals surface area contributed by atoms with Crippen LogP contribution < -0.4 is 15.8 Å². The number of benzene rings is 1. The lowest BCUT2D eigenvalue weighted by Crippen LogP contribution is -2.39. The number of hydrogen-bond donors (Lipinski definition) is 2. The fourth-order valence-electron chi connectivity index (χ4n) is 4.58. The maximum Gasteiger partial charge on any atom is 0.166 e. The Bertz CT molecular complexity index is 1180. The van der Waals surface area contributed by atoms with Crippen LogP contribution in [-0.4, -0.2) is 40.1 Å². The van der Waals surface area contributed by atoms with E-state index < -0.39 is 11.9 Å². The van der Waals surface area contributed by atoms with Crippen molar-refractivity contribution in [3.63, 3.8) is 0 Å². The molecular formula is C23H24Cl2FN5O2. The number of nitrogens with one attached hydrogen (secondary N) is 1. The van der Waals surface area contributed by atoms with Gasteiger partial charge in [-0.3, -0.25) is 4.68 Å². The fraction of sp³-hybridized carbons (Fsp3) is 0.391. The highest BCUT2D eigenvalue weighted by molar-refractivity contribution is 6.36. The van der Waals surface area contributed by atoms with Crippen LogP contribution >= 0.6 is 23.2 Å². The summed E-state index contributed by atoms with van der Waals surface area (Å²) in [6.07, 6.45) is 6.85. The van der Waals surface area contributed by atoms with E-state index in [2.05, 4.69) is 15.4 Å². The minimum Gasteiger partial charge on any atom is -0.482 e. The average molecular weight is 492 g/mol. The Labute approximate surface area is 201 Å². The van der Waals surface area contributed by atoms with Crippen LogP contribution in [0.2, 0.25) is 10.0 Å². The Balaban J connectivity index is 1.36. The molecule has 1 aromatic carbocycles. The number of ether oxygens (including phenoxy) is 2. The fourth-order valence-corrected chi connectivity index (χ4v) is 5.26. The van der Waals surface area contributed by atoms with E-state index in [1.807, 2.05) is 10.9 Å².